The summed E-state index contributed by atoms with van der Waals surface area (Å²) in [6, 6.07) is 10.7. The van der Waals surface area contributed by atoms with Crippen molar-refractivity contribution in [2.45, 2.75) is 6.04 Å². The van der Waals surface area contributed by atoms with Gasteiger partial charge in [-0.15, -0.1) is 0 Å². The average molecular weight is 337 g/mol. The summed E-state index contributed by atoms with van der Waals surface area (Å²) in [5, 5.41) is 0. The fourth-order valence-corrected chi connectivity index (χ4v) is 2.76. The SMILES string of the molecule is Fc1ccc(C2=CC(c3c(F)cccc3Br)NN2)cc1. The highest BCUT2D eigenvalue weighted by Gasteiger charge is 2.22. The molecule has 0 aliphatic carbocycles. The Balaban J connectivity index is 1.93. The molecule has 2 nitrogen and oxygen atoms in total. The van der Waals surface area contributed by atoms with Gasteiger partial charge in [0.05, 0.1) is 11.7 Å². The van der Waals surface area contributed by atoms with Gasteiger partial charge < -0.3 is 5.43 Å². The van der Waals surface area contributed by atoms with E-state index >= 15 is 0 Å². The van der Waals surface area contributed by atoms with Crippen LogP contribution in [-0.4, -0.2) is 0 Å². The molecular formula is C15H11BrF2N2. The van der Waals surface area contributed by atoms with Crippen LogP contribution in [0.5, 0.6) is 0 Å². The quantitative estimate of drug-likeness (QED) is 0.868. The molecule has 2 aromatic rings. The second-order valence-corrected chi connectivity index (χ2v) is 5.32. The first-order valence-corrected chi connectivity index (χ1v) is 6.87. The lowest BCUT2D eigenvalue weighted by atomic mass is 10.0. The Kier molecular flexibility index (Phi) is 3.54. The van der Waals surface area contributed by atoms with Crippen molar-refractivity contribution < 1.29 is 8.78 Å². The lowest BCUT2D eigenvalue weighted by Gasteiger charge is -2.12. The summed E-state index contributed by atoms with van der Waals surface area (Å²) >= 11 is 3.36. The van der Waals surface area contributed by atoms with Crippen LogP contribution in [-0.2, 0) is 0 Å². The summed E-state index contributed by atoms with van der Waals surface area (Å²) in [7, 11) is 0. The van der Waals surface area contributed by atoms with E-state index in [1.165, 1.54) is 18.2 Å². The van der Waals surface area contributed by atoms with Crippen molar-refractivity contribution in [2.75, 3.05) is 0 Å². The van der Waals surface area contributed by atoms with E-state index in [0.29, 0.717) is 10.0 Å². The van der Waals surface area contributed by atoms with E-state index in [-0.39, 0.29) is 17.7 Å². The van der Waals surface area contributed by atoms with E-state index in [2.05, 4.69) is 26.8 Å². The van der Waals surface area contributed by atoms with E-state index in [0.717, 1.165) is 11.3 Å². The molecule has 0 radical (unpaired) electrons. The molecule has 20 heavy (non-hydrogen) atoms. The molecule has 0 spiro atoms. The van der Waals surface area contributed by atoms with E-state index in [4.69, 9.17) is 0 Å². The van der Waals surface area contributed by atoms with Crippen molar-refractivity contribution in [2.24, 2.45) is 0 Å². The van der Waals surface area contributed by atoms with Crippen LogP contribution in [0.25, 0.3) is 5.70 Å². The monoisotopic (exact) mass is 336 g/mol. The number of hydrazine groups is 1. The fourth-order valence-electron chi connectivity index (χ4n) is 2.17. The van der Waals surface area contributed by atoms with Gasteiger partial charge in [-0.05, 0) is 48.0 Å². The molecule has 3 rings (SSSR count). The predicted molar refractivity (Wildman–Crippen MR) is 77.5 cm³/mol. The number of hydrogen-bond donors (Lipinski definition) is 2. The molecule has 2 N–H and O–H groups in total. The zero-order chi connectivity index (χ0) is 14.1. The lowest BCUT2D eigenvalue weighted by Crippen LogP contribution is -2.27. The molecular weight excluding hydrogens is 326 g/mol. The molecule has 0 saturated heterocycles. The first kappa shape index (κ1) is 13.3. The second-order valence-electron chi connectivity index (χ2n) is 4.47. The van der Waals surface area contributed by atoms with E-state index in [1.54, 1.807) is 24.3 Å². The third-order valence-electron chi connectivity index (χ3n) is 3.16. The maximum Gasteiger partial charge on any atom is 0.129 e. The molecule has 0 bridgehead atoms. The summed E-state index contributed by atoms with van der Waals surface area (Å²) in [5.74, 6) is -0.566. The lowest BCUT2D eigenvalue weighted by molar-refractivity contribution is 0.554. The zero-order valence-corrected chi connectivity index (χ0v) is 11.9. The van der Waals surface area contributed by atoms with Crippen LogP contribution >= 0.6 is 15.9 Å². The van der Waals surface area contributed by atoms with Gasteiger partial charge >= 0.3 is 0 Å². The molecule has 1 aliphatic heterocycles. The average Bonchev–Trinajstić information content (AvgIpc) is 2.89. The molecule has 2 aromatic carbocycles. The van der Waals surface area contributed by atoms with Crippen molar-refractivity contribution in [1.29, 1.82) is 0 Å². The molecule has 1 aliphatic rings. The third-order valence-corrected chi connectivity index (χ3v) is 3.85. The smallest absolute Gasteiger partial charge is 0.129 e. The van der Waals surface area contributed by atoms with E-state index in [1.807, 2.05) is 6.08 Å². The minimum Gasteiger partial charge on any atom is -0.320 e. The number of halogens is 3. The van der Waals surface area contributed by atoms with Gasteiger partial charge in [0, 0.05) is 10.0 Å². The van der Waals surface area contributed by atoms with Crippen LogP contribution in [0.1, 0.15) is 17.2 Å². The maximum atomic E-state index is 13.9. The predicted octanol–water partition coefficient (Wildman–Crippen LogP) is 3.92. The van der Waals surface area contributed by atoms with Crippen LogP contribution in [0.15, 0.2) is 53.0 Å². The largest absolute Gasteiger partial charge is 0.320 e. The Hall–Kier alpha value is -1.72. The maximum absolute atomic E-state index is 13.9. The molecule has 0 fully saturated rings. The highest BCUT2D eigenvalue weighted by atomic mass is 79.9. The molecule has 0 aromatic heterocycles. The standard InChI is InChI=1S/C15H11BrF2N2/c16-11-2-1-3-12(18)15(11)14-8-13(19-20-14)9-4-6-10(17)7-5-9/h1-8,14,19-20H. The number of nitrogens with one attached hydrogen (secondary N) is 2. The summed E-state index contributed by atoms with van der Waals surface area (Å²) in [6.07, 6.45) is 1.87. The van der Waals surface area contributed by atoms with E-state index in [9.17, 15) is 8.78 Å². The van der Waals surface area contributed by atoms with Gasteiger partial charge in [0.2, 0.25) is 0 Å². The first-order chi connectivity index (χ1) is 9.65. The van der Waals surface area contributed by atoms with Gasteiger partial charge in [0.25, 0.3) is 0 Å². The molecule has 1 unspecified atom stereocenters. The summed E-state index contributed by atoms with van der Waals surface area (Å²) < 4.78 is 27.5. The molecule has 1 atom stereocenters. The van der Waals surface area contributed by atoms with Crippen molar-refractivity contribution in [3.63, 3.8) is 0 Å². The van der Waals surface area contributed by atoms with Crippen molar-refractivity contribution in [1.82, 2.24) is 10.9 Å². The molecule has 5 heteroatoms. The number of hydrogen-bond acceptors (Lipinski definition) is 2. The Bertz CT molecular complexity index is 648. The normalized spacial score (nSPS) is 17.8. The van der Waals surface area contributed by atoms with Crippen molar-refractivity contribution in [3.8, 4) is 0 Å². The fraction of sp³-hybridized carbons (Fsp3) is 0.0667. The van der Waals surface area contributed by atoms with Crippen molar-refractivity contribution >= 4 is 21.6 Å². The van der Waals surface area contributed by atoms with Gasteiger partial charge in [0.15, 0.2) is 0 Å². The third kappa shape index (κ3) is 2.46. The Labute approximate surface area is 123 Å². The molecule has 102 valence electrons. The molecule has 0 amide bonds. The van der Waals surface area contributed by atoms with Crippen LogP contribution in [0.3, 0.4) is 0 Å². The Morgan fingerprint density at radius 3 is 2.45 bits per heavy atom. The van der Waals surface area contributed by atoms with Gasteiger partial charge in [-0.25, -0.2) is 14.2 Å². The van der Waals surface area contributed by atoms with Gasteiger partial charge in [0.1, 0.15) is 11.6 Å². The Morgan fingerprint density at radius 2 is 1.75 bits per heavy atom. The number of rotatable bonds is 2. The van der Waals surface area contributed by atoms with Crippen LogP contribution in [0, 0.1) is 11.6 Å². The highest BCUT2D eigenvalue weighted by Crippen LogP contribution is 2.31. The minimum absolute atomic E-state index is 0.282. The van der Waals surface area contributed by atoms with Gasteiger partial charge in [-0.2, -0.15) is 0 Å². The Morgan fingerprint density at radius 1 is 1.00 bits per heavy atom. The van der Waals surface area contributed by atoms with Gasteiger partial charge in [-0.1, -0.05) is 22.0 Å². The zero-order valence-electron chi connectivity index (χ0n) is 10.3. The summed E-state index contributed by atoms with van der Waals surface area (Å²) in [4.78, 5) is 0. The first-order valence-electron chi connectivity index (χ1n) is 6.08. The molecule has 1 heterocycles. The summed E-state index contributed by atoms with van der Waals surface area (Å²) in [5.41, 5.74) is 8.18. The van der Waals surface area contributed by atoms with Crippen LogP contribution < -0.4 is 10.9 Å². The van der Waals surface area contributed by atoms with Crippen LogP contribution in [0.4, 0.5) is 8.78 Å². The summed E-state index contributed by atoms with van der Waals surface area (Å²) in [6.45, 7) is 0. The van der Waals surface area contributed by atoms with Gasteiger partial charge in [-0.3, -0.25) is 0 Å². The topological polar surface area (TPSA) is 24.1 Å². The van der Waals surface area contributed by atoms with E-state index < -0.39 is 0 Å². The highest BCUT2D eigenvalue weighted by molar-refractivity contribution is 9.10. The second kappa shape index (κ2) is 5.34. The van der Waals surface area contributed by atoms with Crippen molar-refractivity contribution in [3.05, 3.63) is 75.8 Å². The minimum atomic E-state index is -0.286. The van der Waals surface area contributed by atoms with Crippen LogP contribution in [0.2, 0.25) is 0 Å². The molecule has 0 saturated carbocycles. The number of benzene rings is 2.